The van der Waals surface area contributed by atoms with Crippen LogP contribution in [0.2, 0.25) is 0 Å². The fourth-order valence-corrected chi connectivity index (χ4v) is 1.37. The van der Waals surface area contributed by atoms with Crippen molar-refractivity contribution in [3.05, 3.63) is 6.42 Å². The average molecular weight is 367 g/mol. The maximum Gasteiger partial charge on any atom is 2.00 e. The van der Waals surface area contributed by atoms with Crippen LogP contribution in [0.4, 0.5) is 0 Å². The summed E-state index contributed by atoms with van der Waals surface area (Å²) in [5.41, 5.74) is 0. The Morgan fingerprint density at radius 3 is 2.06 bits per heavy atom. The summed E-state index contributed by atoms with van der Waals surface area (Å²) >= 11 is 0. The van der Waals surface area contributed by atoms with Gasteiger partial charge in [0.05, 0.1) is 0 Å². The number of hydrogen-bond acceptors (Lipinski definition) is 2. The van der Waals surface area contributed by atoms with Gasteiger partial charge in [-0.15, -0.1) is 0 Å². The SMILES string of the molecule is C[CH-]CCCOCOCCCCCCC.[I-].[Mg+2]. The summed E-state index contributed by atoms with van der Waals surface area (Å²) in [4.78, 5) is 0. The van der Waals surface area contributed by atoms with Crippen molar-refractivity contribution in [3.8, 4) is 0 Å². The van der Waals surface area contributed by atoms with Gasteiger partial charge in [-0.05, 0) is 6.42 Å². The van der Waals surface area contributed by atoms with Gasteiger partial charge in [-0.25, -0.2) is 0 Å². The third-order valence-electron chi connectivity index (χ3n) is 2.34. The van der Waals surface area contributed by atoms with E-state index >= 15 is 0 Å². The zero-order valence-corrected chi connectivity index (χ0v) is 15.1. The van der Waals surface area contributed by atoms with E-state index in [4.69, 9.17) is 9.47 Å². The normalized spacial score (nSPS) is 9.53. The van der Waals surface area contributed by atoms with E-state index in [9.17, 15) is 0 Å². The molecule has 0 fully saturated rings. The first kappa shape index (κ1) is 23.5. The summed E-state index contributed by atoms with van der Waals surface area (Å²) in [6.07, 6.45) is 10.9. The maximum atomic E-state index is 5.36. The van der Waals surface area contributed by atoms with E-state index < -0.39 is 0 Å². The first-order valence-corrected chi connectivity index (χ1v) is 6.35. The number of hydrogen-bond donors (Lipinski definition) is 0. The van der Waals surface area contributed by atoms with Crippen molar-refractivity contribution >= 4 is 23.1 Å². The Hall–Kier alpha value is 1.42. The Balaban J connectivity index is -0.000000980. The Bertz CT molecular complexity index is 104. The number of rotatable bonds is 12. The molecule has 0 radical (unpaired) electrons. The Morgan fingerprint density at radius 1 is 0.882 bits per heavy atom. The van der Waals surface area contributed by atoms with Gasteiger partial charge in [0.2, 0.25) is 0 Å². The van der Waals surface area contributed by atoms with E-state index in [0.29, 0.717) is 6.79 Å². The molecule has 0 aliphatic rings. The molecule has 0 aromatic carbocycles. The van der Waals surface area contributed by atoms with E-state index in [2.05, 4.69) is 20.3 Å². The zero-order chi connectivity index (χ0) is 11.2. The second kappa shape index (κ2) is 22.6. The maximum absolute atomic E-state index is 5.36. The summed E-state index contributed by atoms with van der Waals surface area (Å²) in [5, 5.41) is 0. The summed E-state index contributed by atoms with van der Waals surface area (Å²) in [6, 6.07) is 0. The zero-order valence-electron chi connectivity index (χ0n) is 11.5. The van der Waals surface area contributed by atoms with Gasteiger partial charge in [0, 0.05) is 13.2 Å². The molecule has 17 heavy (non-hydrogen) atoms. The Labute approximate surface area is 141 Å². The Kier molecular flexibility index (Phi) is 31.2. The second-order valence-electron chi connectivity index (χ2n) is 3.90. The van der Waals surface area contributed by atoms with E-state index in [0.717, 1.165) is 26.1 Å². The van der Waals surface area contributed by atoms with E-state index in [1.165, 1.54) is 32.1 Å². The first-order valence-electron chi connectivity index (χ1n) is 6.35. The van der Waals surface area contributed by atoms with Crippen LogP contribution in [0, 0.1) is 6.42 Å². The third kappa shape index (κ3) is 23.0. The standard InChI is InChI=1S/C13H27O2.HI.Mg/c1-3-5-7-8-10-12-15-13-14-11-9-6-4-2;;/h4H,3,5-13H2,1-2H3;1H;/q-1;;+2/p-1. The number of unbranched alkanes of at least 4 members (excludes halogenated alkanes) is 6. The third-order valence-corrected chi connectivity index (χ3v) is 2.34. The Morgan fingerprint density at radius 2 is 1.47 bits per heavy atom. The molecule has 0 saturated carbocycles. The molecular weight excluding hydrogens is 339 g/mol. The van der Waals surface area contributed by atoms with Crippen molar-refractivity contribution < 1.29 is 33.5 Å². The van der Waals surface area contributed by atoms with Crippen LogP contribution >= 0.6 is 0 Å². The van der Waals surface area contributed by atoms with Gasteiger partial charge in [0.1, 0.15) is 6.79 Å². The summed E-state index contributed by atoms with van der Waals surface area (Å²) in [7, 11) is 0. The molecule has 0 amide bonds. The van der Waals surface area contributed by atoms with Crippen molar-refractivity contribution in [2.75, 3.05) is 20.0 Å². The van der Waals surface area contributed by atoms with Gasteiger partial charge in [-0.2, -0.15) is 13.3 Å². The molecule has 0 unspecified atom stereocenters. The van der Waals surface area contributed by atoms with Crippen LogP contribution in [0.1, 0.15) is 58.8 Å². The molecule has 100 valence electrons. The van der Waals surface area contributed by atoms with Gasteiger partial charge in [0.25, 0.3) is 0 Å². The van der Waals surface area contributed by atoms with Crippen molar-refractivity contribution in [1.29, 1.82) is 0 Å². The van der Waals surface area contributed by atoms with Crippen molar-refractivity contribution in [3.63, 3.8) is 0 Å². The fourth-order valence-electron chi connectivity index (χ4n) is 1.37. The molecule has 2 nitrogen and oxygen atoms in total. The smallest absolute Gasteiger partial charge is 1.00 e. The first-order chi connectivity index (χ1) is 7.41. The van der Waals surface area contributed by atoms with Crippen LogP contribution in [0.5, 0.6) is 0 Å². The molecule has 0 aliphatic carbocycles. The van der Waals surface area contributed by atoms with Crippen molar-refractivity contribution in [1.82, 2.24) is 0 Å². The average Bonchev–Trinajstić information content (AvgIpc) is 2.26. The molecular formula is C13H27IMgO2. The molecule has 4 heteroatoms. The quantitative estimate of drug-likeness (QED) is 0.165. The predicted octanol–water partition coefficient (Wildman–Crippen LogP) is 0.575. The minimum absolute atomic E-state index is 0. The van der Waals surface area contributed by atoms with Crippen LogP contribution < -0.4 is 24.0 Å². The molecule has 0 aromatic rings. The van der Waals surface area contributed by atoms with Gasteiger partial charge in [-0.3, -0.25) is 0 Å². The van der Waals surface area contributed by atoms with E-state index in [1.54, 1.807) is 0 Å². The molecule has 0 heterocycles. The van der Waals surface area contributed by atoms with Crippen LogP contribution in [-0.4, -0.2) is 43.1 Å². The molecule has 0 spiro atoms. The molecule has 0 bridgehead atoms. The summed E-state index contributed by atoms with van der Waals surface area (Å²) in [5.74, 6) is 0. The predicted molar refractivity (Wildman–Crippen MR) is 70.5 cm³/mol. The van der Waals surface area contributed by atoms with E-state index in [1.807, 2.05) is 0 Å². The van der Waals surface area contributed by atoms with Crippen LogP contribution in [-0.2, 0) is 9.47 Å². The van der Waals surface area contributed by atoms with Crippen LogP contribution in [0.3, 0.4) is 0 Å². The van der Waals surface area contributed by atoms with Crippen molar-refractivity contribution in [2.24, 2.45) is 0 Å². The van der Waals surface area contributed by atoms with Crippen molar-refractivity contribution in [2.45, 2.75) is 58.8 Å². The van der Waals surface area contributed by atoms with Crippen LogP contribution in [0.15, 0.2) is 0 Å². The molecule has 0 aliphatic heterocycles. The molecule has 0 atom stereocenters. The van der Waals surface area contributed by atoms with Gasteiger partial charge in [-0.1, -0.05) is 39.0 Å². The summed E-state index contributed by atoms with van der Waals surface area (Å²) in [6.45, 7) is 6.45. The van der Waals surface area contributed by atoms with Crippen LogP contribution in [0.25, 0.3) is 0 Å². The minimum atomic E-state index is 0. The topological polar surface area (TPSA) is 18.5 Å². The summed E-state index contributed by atoms with van der Waals surface area (Å²) < 4.78 is 10.7. The fraction of sp³-hybridized carbons (Fsp3) is 0.923. The number of ether oxygens (including phenoxy) is 2. The van der Waals surface area contributed by atoms with Gasteiger partial charge in [0.15, 0.2) is 0 Å². The molecule has 0 rings (SSSR count). The molecule has 0 N–H and O–H groups in total. The van der Waals surface area contributed by atoms with Gasteiger partial charge >= 0.3 is 23.1 Å². The largest absolute Gasteiger partial charge is 2.00 e. The molecule has 0 aromatic heterocycles. The monoisotopic (exact) mass is 366 g/mol. The van der Waals surface area contributed by atoms with Gasteiger partial charge < -0.3 is 39.9 Å². The second-order valence-corrected chi connectivity index (χ2v) is 3.90. The van der Waals surface area contributed by atoms with E-state index in [-0.39, 0.29) is 47.0 Å². The molecule has 0 saturated heterocycles. The minimum Gasteiger partial charge on any atom is -1.00 e. The number of halogens is 1.